The van der Waals surface area contributed by atoms with E-state index in [0.29, 0.717) is 10.6 Å². The topological polar surface area (TPSA) is 55.1 Å². The van der Waals surface area contributed by atoms with Gasteiger partial charge in [-0.2, -0.15) is 0 Å². The van der Waals surface area contributed by atoms with Crippen molar-refractivity contribution in [1.82, 2.24) is 5.32 Å². The van der Waals surface area contributed by atoms with Crippen molar-refractivity contribution in [2.24, 2.45) is 5.73 Å². The molecule has 0 spiro atoms. The molecule has 0 aromatic heterocycles. The maximum Gasteiger partial charge on any atom is 0.222 e. The van der Waals surface area contributed by atoms with Gasteiger partial charge in [-0.05, 0) is 26.0 Å². The van der Waals surface area contributed by atoms with Crippen LogP contribution < -0.4 is 11.1 Å². The molecule has 0 aliphatic heterocycles. The van der Waals surface area contributed by atoms with Gasteiger partial charge in [0, 0.05) is 23.0 Å². The van der Waals surface area contributed by atoms with E-state index in [4.69, 9.17) is 28.9 Å². The first-order chi connectivity index (χ1) is 8.32. The number of nitrogens with two attached hydrogens (primary N) is 1. The molecule has 3 N–H and O–H groups in total. The third-order valence-corrected chi connectivity index (χ3v) is 3.11. The lowest BCUT2D eigenvalue weighted by Gasteiger charge is -2.18. The number of amides is 1. The van der Waals surface area contributed by atoms with Crippen molar-refractivity contribution in [3.8, 4) is 0 Å². The number of halogens is 3. The van der Waals surface area contributed by atoms with Gasteiger partial charge in [-0.1, -0.05) is 23.2 Å². The Morgan fingerprint density at radius 3 is 2.61 bits per heavy atom. The standard InChI is InChI=1S/C12H15Cl2FN2O/c1-6(16)5-10(18)17-7(2)11-8(13)3-4-9(15)12(11)14/h3-4,6-7H,5,16H2,1-2H3,(H,17,18). The Balaban J connectivity index is 2.88. The molecule has 0 saturated heterocycles. The van der Waals surface area contributed by atoms with Crippen molar-refractivity contribution in [2.45, 2.75) is 32.4 Å². The zero-order valence-electron chi connectivity index (χ0n) is 10.1. The summed E-state index contributed by atoms with van der Waals surface area (Å²) in [5.74, 6) is -0.793. The zero-order chi connectivity index (χ0) is 13.9. The molecule has 3 nitrogen and oxygen atoms in total. The van der Waals surface area contributed by atoms with Crippen LogP contribution in [0.15, 0.2) is 12.1 Å². The van der Waals surface area contributed by atoms with E-state index in [2.05, 4.69) is 5.32 Å². The number of hydrogen-bond donors (Lipinski definition) is 2. The highest BCUT2D eigenvalue weighted by Gasteiger charge is 2.19. The van der Waals surface area contributed by atoms with Gasteiger partial charge >= 0.3 is 0 Å². The first kappa shape index (κ1) is 15.2. The van der Waals surface area contributed by atoms with E-state index in [-0.39, 0.29) is 23.4 Å². The normalized spacial score (nSPS) is 14.1. The first-order valence-corrected chi connectivity index (χ1v) is 6.26. The lowest BCUT2D eigenvalue weighted by Crippen LogP contribution is -2.32. The van der Waals surface area contributed by atoms with Gasteiger partial charge in [0.25, 0.3) is 0 Å². The van der Waals surface area contributed by atoms with Crippen LogP contribution in [0.2, 0.25) is 10.0 Å². The minimum Gasteiger partial charge on any atom is -0.349 e. The van der Waals surface area contributed by atoms with Crippen LogP contribution in [0.1, 0.15) is 31.9 Å². The van der Waals surface area contributed by atoms with E-state index < -0.39 is 11.9 Å². The molecule has 2 unspecified atom stereocenters. The molecule has 0 aliphatic carbocycles. The fourth-order valence-electron chi connectivity index (χ4n) is 1.60. The Hall–Kier alpha value is -0.840. The molecule has 1 amide bonds. The summed E-state index contributed by atoms with van der Waals surface area (Å²) in [7, 11) is 0. The summed E-state index contributed by atoms with van der Waals surface area (Å²) in [5, 5.41) is 2.92. The van der Waals surface area contributed by atoms with Gasteiger partial charge in [0.15, 0.2) is 0 Å². The van der Waals surface area contributed by atoms with E-state index >= 15 is 0 Å². The monoisotopic (exact) mass is 292 g/mol. The van der Waals surface area contributed by atoms with Crippen molar-refractivity contribution in [1.29, 1.82) is 0 Å². The summed E-state index contributed by atoms with van der Waals surface area (Å²) in [6.45, 7) is 3.41. The molecular weight excluding hydrogens is 278 g/mol. The Bertz CT molecular complexity index is 452. The molecule has 0 aliphatic rings. The highest BCUT2D eigenvalue weighted by atomic mass is 35.5. The number of carbonyl (C=O) groups excluding carboxylic acids is 1. The Morgan fingerprint density at radius 2 is 2.06 bits per heavy atom. The van der Waals surface area contributed by atoms with E-state index in [9.17, 15) is 9.18 Å². The summed E-state index contributed by atoms with van der Waals surface area (Å²) < 4.78 is 13.3. The highest BCUT2D eigenvalue weighted by molar-refractivity contribution is 6.36. The first-order valence-electron chi connectivity index (χ1n) is 5.51. The third-order valence-electron chi connectivity index (χ3n) is 2.40. The second-order valence-corrected chi connectivity index (χ2v) is 5.01. The summed E-state index contributed by atoms with van der Waals surface area (Å²) in [5.41, 5.74) is 5.89. The second-order valence-electron chi connectivity index (χ2n) is 4.23. The molecule has 18 heavy (non-hydrogen) atoms. The van der Waals surface area contributed by atoms with Gasteiger partial charge < -0.3 is 11.1 Å². The molecule has 0 saturated carbocycles. The minimum atomic E-state index is -0.565. The van der Waals surface area contributed by atoms with Crippen LogP contribution >= 0.6 is 23.2 Å². The average molecular weight is 293 g/mol. The van der Waals surface area contributed by atoms with Gasteiger partial charge in [0.2, 0.25) is 5.91 Å². The summed E-state index contributed by atoms with van der Waals surface area (Å²) in [6, 6.07) is 1.87. The largest absolute Gasteiger partial charge is 0.349 e. The van der Waals surface area contributed by atoms with Crippen molar-refractivity contribution >= 4 is 29.1 Å². The van der Waals surface area contributed by atoms with Crippen LogP contribution in [-0.4, -0.2) is 11.9 Å². The van der Waals surface area contributed by atoms with Crippen LogP contribution in [0.5, 0.6) is 0 Å². The molecular formula is C12H15Cl2FN2O. The molecule has 1 aromatic rings. The lowest BCUT2D eigenvalue weighted by atomic mass is 10.1. The quantitative estimate of drug-likeness (QED) is 0.838. The molecule has 2 atom stereocenters. The van der Waals surface area contributed by atoms with E-state index in [0.717, 1.165) is 0 Å². The smallest absolute Gasteiger partial charge is 0.222 e. The maximum atomic E-state index is 13.3. The number of carbonyl (C=O) groups is 1. The van der Waals surface area contributed by atoms with Gasteiger partial charge in [-0.25, -0.2) is 4.39 Å². The van der Waals surface area contributed by atoms with Crippen LogP contribution in [0, 0.1) is 5.82 Å². The summed E-state index contributed by atoms with van der Waals surface area (Å²) in [6.07, 6.45) is 0.189. The van der Waals surface area contributed by atoms with E-state index in [1.54, 1.807) is 13.8 Å². The van der Waals surface area contributed by atoms with Crippen LogP contribution in [0.25, 0.3) is 0 Å². The van der Waals surface area contributed by atoms with Crippen LogP contribution in [0.4, 0.5) is 4.39 Å². The maximum absolute atomic E-state index is 13.3. The van der Waals surface area contributed by atoms with Gasteiger partial charge in [0.1, 0.15) is 5.82 Å². The molecule has 100 valence electrons. The van der Waals surface area contributed by atoms with Crippen molar-refractivity contribution in [3.63, 3.8) is 0 Å². The van der Waals surface area contributed by atoms with E-state index in [1.807, 2.05) is 0 Å². The van der Waals surface area contributed by atoms with Crippen LogP contribution in [0.3, 0.4) is 0 Å². The fraction of sp³-hybridized carbons (Fsp3) is 0.417. The number of rotatable bonds is 4. The molecule has 6 heteroatoms. The molecule has 0 heterocycles. The summed E-state index contributed by atoms with van der Waals surface area (Å²) in [4.78, 5) is 11.6. The van der Waals surface area contributed by atoms with Crippen molar-refractivity contribution in [3.05, 3.63) is 33.6 Å². The predicted octanol–water partition coefficient (Wildman–Crippen LogP) is 3.05. The fourth-order valence-corrected chi connectivity index (χ4v) is 2.30. The number of hydrogen-bond acceptors (Lipinski definition) is 2. The van der Waals surface area contributed by atoms with Crippen molar-refractivity contribution < 1.29 is 9.18 Å². The Morgan fingerprint density at radius 1 is 1.44 bits per heavy atom. The second kappa shape index (κ2) is 6.36. The van der Waals surface area contributed by atoms with Gasteiger partial charge in [0.05, 0.1) is 11.1 Å². The van der Waals surface area contributed by atoms with Crippen molar-refractivity contribution in [2.75, 3.05) is 0 Å². The summed E-state index contributed by atoms with van der Waals surface area (Å²) >= 11 is 11.8. The molecule has 1 aromatic carbocycles. The minimum absolute atomic E-state index is 0.0731. The molecule has 0 bridgehead atoms. The average Bonchev–Trinajstić information content (AvgIpc) is 2.22. The number of nitrogens with one attached hydrogen (secondary N) is 1. The van der Waals surface area contributed by atoms with E-state index in [1.165, 1.54) is 12.1 Å². The zero-order valence-corrected chi connectivity index (χ0v) is 11.6. The third kappa shape index (κ3) is 3.83. The number of benzene rings is 1. The molecule has 1 rings (SSSR count). The van der Waals surface area contributed by atoms with Gasteiger partial charge in [-0.15, -0.1) is 0 Å². The lowest BCUT2D eigenvalue weighted by molar-refractivity contribution is -0.121. The molecule has 0 radical (unpaired) electrons. The SMILES string of the molecule is CC(N)CC(=O)NC(C)c1c(Cl)ccc(F)c1Cl. The predicted molar refractivity (Wildman–Crippen MR) is 71.2 cm³/mol. The van der Waals surface area contributed by atoms with Crippen LogP contribution in [-0.2, 0) is 4.79 Å². The Labute approximate surface area is 115 Å². The highest BCUT2D eigenvalue weighted by Crippen LogP contribution is 2.32. The Kier molecular flexibility index (Phi) is 5.38. The molecule has 0 fully saturated rings. The van der Waals surface area contributed by atoms with Gasteiger partial charge in [-0.3, -0.25) is 4.79 Å².